The van der Waals surface area contributed by atoms with E-state index >= 15 is 0 Å². The highest BCUT2D eigenvalue weighted by molar-refractivity contribution is 5.95. The molecule has 0 saturated heterocycles. The van der Waals surface area contributed by atoms with Gasteiger partial charge in [-0.2, -0.15) is 0 Å². The maximum Gasteiger partial charge on any atom is 0.326 e. The van der Waals surface area contributed by atoms with E-state index in [1.165, 1.54) is 6.92 Å². The van der Waals surface area contributed by atoms with Crippen molar-refractivity contribution in [2.45, 2.75) is 89.5 Å². The lowest BCUT2D eigenvalue weighted by atomic mass is 10.00. The number of unbranched alkanes of at least 4 members (excludes halogenated alkanes) is 1. The number of rotatable bonds is 19. The quantitative estimate of drug-likeness (QED) is 0.0884. The number of hydrogen-bond donors (Lipinski definition) is 8. The van der Waals surface area contributed by atoms with Crippen molar-refractivity contribution in [2.75, 3.05) is 6.54 Å². The van der Waals surface area contributed by atoms with Crippen molar-refractivity contribution in [1.82, 2.24) is 21.3 Å². The van der Waals surface area contributed by atoms with Gasteiger partial charge in [0.2, 0.25) is 29.5 Å². The lowest BCUT2D eigenvalue weighted by molar-refractivity contribution is -0.143. The molecule has 0 aliphatic rings. The maximum absolute atomic E-state index is 13.4. The molecule has 14 heteroatoms. The predicted molar refractivity (Wildman–Crippen MR) is 155 cm³/mol. The zero-order valence-corrected chi connectivity index (χ0v) is 24.4. The molecule has 0 aliphatic heterocycles. The largest absolute Gasteiger partial charge is 0.480 e. The monoisotopic (exact) mass is 591 g/mol. The highest BCUT2D eigenvalue weighted by Crippen LogP contribution is 2.09. The van der Waals surface area contributed by atoms with Crippen LogP contribution < -0.4 is 38.5 Å². The van der Waals surface area contributed by atoms with Gasteiger partial charge in [0, 0.05) is 12.8 Å². The molecule has 0 unspecified atom stereocenters. The van der Waals surface area contributed by atoms with E-state index in [2.05, 4.69) is 21.3 Å². The van der Waals surface area contributed by atoms with E-state index in [0.717, 1.165) is 5.56 Å². The van der Waals surface area contributed by atoms with Gasteiger partial charge in [0.15, 0.2) is 0 Å². The van der Waals surface area contributed by atoms with Crippen LogP contribution in [-0.4, -0.2) is 77.4 Å². The summed E-state index contributed by atoms with van der Waals surface area (Å²) in [4.78, 5) is 74.6. The minimum absolute atomic E-state index is 0.0699. The Morgan fingerprint density at radius 1 is 0.786 bits per heavy atom. The fourth-order valence-corrected chi connectivity index (χ4v) is 3.98. The number of aliphatic carboxylic acids is 1. The molecule has 5 atom stereocenters. The molecule has 11 N–H and O–H groups in total. The second kappa shape index (κ2) is 18.4. The van der Waals surface area contributed by atoms with E-state index in [0.29, 0.717) is 25.8 Å². The van der Waals surface area contributed by atoms with Crippen molar-refractivity contribution in [3.05, 3.63) is 35.9 Å². The zero-order chi connectivity index (χ0) is 31.8. The van der Waals surface area contributed by atoms with Crippen LogP contribution >= 0.6 is 0 Å². The molecule has 0 aliphatic carbocycles. The van der Waals surface area contributed by atoms with E-state index in [1.807, 2.05) is 0 Å². The maximum atomic E-state index is 13.4. The minimum atomic E-state index is -1.39. The Morgan fingerprint density at radius 2 is 1.40 bits per heavy atom. The lowest BCUT2D eigenvalue weighted by Gasteiger charge is -2.27. The summed E-state index contributed by atoms with van der Waals surface area (Å²) in [5.74, 6) is -5.17. The number of amides is 5. The second-order valence-electron chi connectivity index (χ2n) is 10.5. The van der Waals surface area contributed by atoms with Crippen LogP contribution in [0.3, 0.4) is 0 Å². The molecule has 0 heterocycles. The van der Waals surface area contributed by atoms with Gasteiger partial charge in [0.25, 0.3) is 0 Å². The molecule has 0 aromatic heterocycles. The Labute approximate surface area is 245 Å². The summed E-state index contributed by atoms with van der Waals surface area (Å²) >= 11 is 0. The van der Waals surface area contributed by atoms with Crippen molar-refractivity contribution in [2.24, 2.45) is 23.1 Å². The van der Waals surface area contributed by atoms with Crippen molar-refractivity contribution < 1.29 is 33.9 Å². The molecule has 0 saturated carbocycles. The molecule has 1 rings (SSSR count). The normalized spacial score (nSPS) is 14.5. The van der Waals surface area contributed by atoms with E-state index in [9.17, 15) is 33.9 Å². The highest BCUT2D eigenvalue weighted by atomic mass is 16.4. The average Bonchev–Trinajstić information content (AvgIpc) is 2.93. The summed E-state index contributed by atoms with van der Waals surface area (Å²) < 4.78 is 0. The number of nitrogens with one attached hydrogen (secondary N) is 4. The molecule has 0 fully saturated rings. The van der Waals surface area contributed by atoms with Crippen LogP contribution in [0.4, 0.5) is 0 Å². The Morgan fingerprint density at radius 3 is 1.95 bits per heavy atom. The SMILES string of the molecule is CC(C)[C@H](NC(=O)[C@H](Cc1ccccc1)NC(=O)[C@H](C)NC(=O)[C@@H](N)CCCCN)C(=O)N[C@@H](CCC(N)=O)C(=O)O. The second-order valence-corrected chi connectivity index (χ2v) is 10.5. The molecule has 14 nitrogen and oxygen atoms in total. The van der Waals surface area contributed by atoms with Crippen molar-refractivity contribution in [1.29, 1.82) is 0 Å². The van der Waals surface area contributed by atoms with Gasteiger partial charge in [-0.3, -0.25) is 24.0 Å². The van der Waals surface area contributed by atoms with E-state index in [4.69, 9.17) is 17.2 Å². The Balaban J connectivity index is 3.03. The van der Waals surface area contributed by atoms with Crippen LogP contribution in [0.5, 0.6) is 0 Å². The smallest absolute Gasteiger partial charge is 0.326 e. The molecule has 42 heavy (non-hydrogen) atoms. The Hall–Kier alpha value is -4.04. The van der Waals surface area contributed by atoms with Crippen molar-refractivity contribution in [3.63, 3.8) is 0 Å². The van der Waals surface area contributed by atoms with Crippen LogP contribution in [0, 0.1) is 5.92 Å². The molecule has 0 bridgehead atoms. The standard InChI is InChI=1S/C28H45N7O7/c1-16(2)23(27(40)33-20(28(41)42)12-13-22(31)36)35-26(39)21(15-18-9-5-4-6-10-18)34-24(37)17(3)32-25(38)19(30)11-7-8-14-29/h4-6,9-10,16-17,19-21,23H,7-8,11-15,29-30H2,1-3H3,(H2,31,36)(H,32,38)(H,33,40)(H,34,37)(H,35,39)(H,41,42)/t17-,19-,20-,21-,23-/m0/s1. The molecule has 1 aromatic rings. The van der Waals surface area contributed by atoms with Gasteiger partial charge in [-0.15, -0.1) is 0 Å². The molecule has 0 spiro atoms. The van der Waals surface area contributed by atoms with Crippen LogP contribution in [-0.2, 0) is 35.2 Å². The van der Waals surface area contributed by atoms with Gasteiger partial charge >= 0.3 is 5.97 Å². The molecule has 5 amide bonds. The topological polar surface area (TPSA) is 249 Å². The molecule has 1 aromatic carbocycles. The first-order chi connectivity index (χ1) is 19.8. The third-order valence-corrected chi connectivity index (χ3v) is 6.51. The highest BCUT2D eigenvalue weighted by Gasteiger charge is 2.32. The summed E-state index contributed by atoms with van der Waals surface area (Å²) in [5, 5.41) is 19.6. The van der Waals surface area contributed by atoms with E-state index in [-0.39, 0.29) is 19.3 Å². The van der Waals surface area contributed by atoms with Gasteiger partial charge < -0.3 is 43.6 Å². The fraction of sp³-hybridized carbons (Fsp3) is 0.571. The van der Waals surface area contributed by atoms with Gasteiger partial charge in [-0.05, 0) is 44.2 Å². The third kappa shape index (κ3) is 13.1. The van der Waals surface area contributed by atoms with Crippen LogP contribution in [0.25, 0.3) is 0 Å². The van der Waals surface area contributed by atoms with Gasteiger partial charge in [0.1, 0.15) is 24.2 Å². The lowest BCUT2D eigenvalue weighted by Crippen LogP contribution is -2.59. The zero-order valence-electron chi connectivity index (χ0n) is 24.4. The number of primary amides is 1. The van der Waals surface area contributed by atoms with Gasteiger partial charge in [-0.1, -0.05) is 50.6 Å². The minimum Gasteiger partial charge on any atom is -0.480 e. The van der Waals surface area contributed by atoms with Crippen LogP contribution in [0.15, 0.2) is 30.3 Å². The number of hydrogen-bond acceptors (Lipinski definition) is 8. The summed E-state index contributed by atoms with van der Waals surface area (Å²) in [7, 11) is 0. The predicted octanol–water partition coefficient (Wildman–Crippen LogP) is -1.35. The summed E-state index contributed by atoms with van der Waals surface area (Å²) in [6, 6.07) is 3.32. The summed E-state index contributed by atoms with van der Waals surface area (Å²) in [5.41, 5.74) is 17.2. The molecular formula is C28H45N7O7. The fourth-order valence-electron chi connectivity index (χ4n) is 3.98. The third-order valence-electron chi connectivity index (χ3n) is 6.51. The van der Waals surface area contributed by atoms with Gasteiger partial charge in [-0.25, -0.2) is 4.79 Å². The summed E-state index contributed by atoms with van der Waals surface area (Å²) in [6.07, 6.45) is 1.37. The number of carbonyl (C=O) groups excluding carboxylic acids is 5. The number of carboxylic acids is 1. The van der Waals surface area contributed by atoms with Crippen molar-refractivity contribution >= 4 is 35.5 Å². The van der Waals surface area contributed by atoms with Crippen LogP contribution in [0.2, 0.25) is 0 Å². The van der Waals surface area contributed by atoms with Crippen LogP contribution in [0.1, 0.15) is 58.4 Å². The van der Waals surface area contributed by atoms with Gasteiger partial charge in [0.05, 0.1) is 6.04 Å². The molecule has 234 valence electrons. The number of carbonyl (C=O) groups is 6. The first kappa shape index (κ1) is 36.0. The first-order valence-corrected chi connectivity index (χ1v) is 14.0. The average molecular weight is 592 g/mol. The number of nitrogens with two attached hydrogens (primary N) is 3. The number of benzene rings is 1. The van der Waals surface area contributed by atoms with Crippen molar-refractivity contribution in [3.8, 4) is 0 Å². The number of carboxylic acid groups (broad SMARTS) is 1. The summed E-state index contributed by atoms with van der Waals surface area (Å²) in [6.45, 7) is 5.25. The Kier molecular flexibility index (Phi) is 15.8. The van der Waals surface area contributed by atoms with E-state index < -0.39 is 71.6 Å². The molecular weight excluding hydrogens is 546 g/mol. The first-order valence-electron chi connectivity index (χ1n) is 14.0. The molecule has 0 radical (unpaired) electrons. The van der Waals surface area contributed by atoms with E-state index in [1.54, 1.807) is 44.2 Å². The Bertz CT molecular complexity index is 1070.